The van der Waals surface area contributed by atoms with E-state index in [9.17, 15) is 0 Å². The molecule has 0 saturated heterocycles. The summed E-state index contributed by atoms with van der Waals surface area (Å²) in [5, 5.41) is 0.324. The van der Waals surface area contributed by atoms with Gasteiger partial charge in [0.2, 0.25) is 0 Å². The normalized spacial score (nSPS) is 23.9. The molecule has 0 N–H and O–H groups in total. The molecule has 2 unspecified atom stereocenters. The van der Waals surface area contributed by atoms with E-state index in [1.54, 1.807) is 0 Å². The SMILES string of the molecule is Cc1cc(C)c(CN(C)C2CCCCC2Cl)c(C)c1. The van der Waals surface area contributed by atoms with Crippen molar-refractivity contribution in [2.45, 2.75) is 64.4 Å². The number of benzene rings is 1. The Morgan fingerprint density at radius 2 is 1.68 bits per heavy atom. The molecule has 0 bridgehead atoms. The lowest BCUT2D eigenvalue weighted by Crippen LogP contribution is -2.40. The van der Waals surface area contributed by atoms with Crippen molar-refractivity contribution < 1.29 is 0 Å². The van der Waals surface area contributed by atoms with Crippen LogP contribution in [0.15, 0.2) is 12.1 Å². The van der Waals surface area contributed by atoms with Gasteiger partial charge in [-0.25, -0.2) is 0 Å². The minimum absolute atomic E-state index is 0.324. The largest absolute Gasteiger partial charge is 0.298 e. The Labute approximate surface area is 123 Å². The first-order valence-corrected chi connectivity index (χ1v) is 7.83. The second kappa shape index (κ2) is 6.28. The average Bonchev–Trinajstić information content (AvgIpc) is 2.34. The molecule has 1 aromatic rings. The van der Waals surface area contributed by atoms with Crippen molar-refractivity contribution in [2.75, 3.05) is 7.05 Å². The predicted molar refractivity (Wildman–Crippen MR) is 84.0 cm³/mol. The number of hydrogen-bond donors (Lipinski definition) is 0. The van der Waals surface area contributed by atoms with Crippen molar-refractivity contribution in [3.05, 3.63) is 34.4 Å². The van der Waals surface area contributed by atoms with E-state index in [2.05, 4.69) is 44.9 Å². The van der Waals surface area contributed by atoms with Crippen LogP contribution in [0.5, 0.6) is 0 Å². The summed E-state index contributed by atoms with van der Waals surface area (Å²) in [6, 6.07) is 5.11. The van der Waals surface area contributed by atoms with Crippen molar-refractivity contribution in [1.82, 2.24) is 4.90 Å². The van der Waals surface area contributed by atoms with Crippen molar-refractivity contribution in [3.8, 4) is 0 Å². The monoisotopic (exact) mass is 279 g/mol. The Morgan fingerprint density at radius 1 is 1.11 bits per heavy atom. The van der Waals surface area contributed by atoms with E-state index in [-0.39, 0.29) is 0 Å². The molecule has 2 heteroatoms. The topological polar surface area (TPSA) is 3.24 Å². The molecule has 2 rings (SSSR count). The maximum atomic E-state index is 6.51. The molecule has 0 amide bonds. The number of rotatable bonds is 3. The van der Waals surface area contributed by atoms with Crippen LogP contribution in [0.2, 0.25) is 0 Å². The van der Waals surface area contributed by atoms with Crippen molar-refractivity contribution in [3.63, 3.8) is 0 Å². The fraction of sp³-hybridized carbons (Fsp3) is 0.647. The third-order valence-corrected chi connectivity index (χ3v) is 4.97. The Kier molecular flexibility index (Phi) is 4.92. The highest BCUT2D eigenvalue weighted by molar-refractivity contribution is 6.21. The molecule has 0 heterocycles. The highest BCUT2D eigenvalue weighted by Gasteiger charge is 2.26. The maximum Gasteiger partial charge on any atom is 0.0491 e. The van der Waals surface area contributed by atoms with Gasteiger partial charge in [0, 0.05) is 18.0 Å². The van der Waals surface area contributed by atoms with Gasteiger partial charge in [0.05, 0.1) is 0 Å². The highest BCUT2D eigenvalue weighted by Crippen LogP contribution is 2.28. The molecular weight excluding hydrogens is 254 g/mol. The molecule has 0 aromatic heterocycles. The number of aryl methyl sites for hydroxylation is 3. The lowest BCUT2D eigenvalue weighted by Gasteiger charge is -2.35. The van der Waals surface area contributed by atoms with Crippen molar-refractivity contribution in [1.29, 1.82) is 0 Å². The molecule has 1 nitrogen and oxygen atoms in total. The molecule has 1 aromatic carbocycles. The zero-order chi connectivity index (χ0) is 14.0. The molecular formula is C17H26ClN. The van der Waals surface area contributed by atoms with Crippen LogP contribution in [0.1, 0.15) is 47.9 Å². The quantitative estimate of drug-likeness (QED) is 0.731. The number of halogens is 1. The summed E-state index contributed by atoms with van der Waals surface area (Å²) >= 11 is 6.51. The molecule has 0 aliphatic heterocycles. The first kappa shape index (κ1) is 14.9. The van der Waals surface area contributed by atoms with E-state index in [0.29, 0.717) is 11.4 Å². The second-order valence-corrected chi connectivity index (χ2v) is 6.72. The Bertz CT molecular complexity index is 418. The number of alkyl halides is 1. The van der Waals surface area contributed by atoms with Gasteiger partial charge in [0.15, 0.2) is 0 Å². The minimum atomic E-state index is 0.324. The molecule has 2 atom stereocenters. The van der Waals surface area contributed by atoms with Crippen molar-refractivity contribution >= 4 is 11.6 Å². The van der Waals surface area contributed by atoms with Gasteiger partial charge < -0.3 is 0 Å². The van der Waals surface area contributed by atoms with Gasteiger partial charge in [-0.05, 0) is 57.4 Å². The van der Waals surface area contributed by atoms with E-state index in [1.807, 2.05) is 0 Å². The summed E-state index contributed by atoms with van der Waals surface area (Å²) in [7, 11) is 2.23. The van der Waals surface area contributed by atoms with E-state index in [0.717, 1.165) is 6.54 Å². The molecule has 0 radical (unpaired) electrons. The van der Waals surface area contributed by atoms with Crippen LogP contribution in [0.3, 0.4) is 0 Å². The van der Waals surface area contributed by atoms with E-state index in [4.69, 9.17) is 11.6 Å². The zero-order valence-corrected chi connectivity index (χ0v) is 13.4. The summed E-state index contributed by atoms with van der Waals surface area (Å²) in [5.41, 5.74) is 5.65. The Morgan fingerprint density at radius 3 is 2.26 bits per heavy atom. The van der Waals surface area contributed by atoms with Gasteiger partial charge in [0.25, 0.3) is 0 Å². The molecule has 1 fully saturated rings. The second-order valence-electron chi connectivity index (χ2n) is 6.16. The van der Waals surface area contributed by atoms with Crippen molar-refractivity contribution in [2.24, 2.45) is 0 Å². The standard InChI is InChI=1S/C17H26ClN/c1-12-9-13(2)15(14(3)10-12)11-19(4)17-8-6-5-7-16(17)18/h9-10,16-17H,5-8,11H2,1-4H3. The lowest BCUT2D eigenvalue weighted by atomic mass is 9.92. The van der Waals surface area contributed by atoms with Crippen LogP contribution < -0.4 is 0 Å². The summed E-state index contributed by atoms with van der Waals surface area (Å²) < 4.78 is 0. The lowest BCUT2D eigenvalue weighted by molar-refractivity contribution is 0.188. The molecule has 0 spiro atoms. The zero-order valence-electron chi connectivity index (χ0n) is 12.7. The molecule has 1 aliphatic carbocycles. The molecule has 19 heavy (non-hydrogen) atoms. The van der Waals surface area contributed by atoms with Crippen LogP contribution in [0, 0.1) is 20.8 Å². The predicted octanol–water partition coefficient (Wildman–Crippen LogP) is 4.59. The van der Waals surface area contributed by atoms with Gasteiger partial charge in [0.1, 0.15) is 0 Å². The average molecular weight is 280 g/mol. The fourth-order valence-electron chi connectivity index (χ4n) is 3.39. The molecule has 1 aliphatic rings. The van der Waals surface area contributed by atoms with Gasteiger partial charge in [-0.2, -0.15) is 0 Å². The first-order valence-electron chi connectivity index (χ1n) is 7.40. The van der Waals surface area contributed by atoms with Gasteiger partial charge >= 0.3 is 0 Å². The smallest absolute Gasteiger partial charge is 0.0491 e. The molecule has 1 saturated carbocycles. The van der Waals surface area contributed by atoms with E-state index in [1.165, 1.54) is 47.9 Å². The van der Waals surface area contributed by atoms with Crippen LogP contribution in [-0.4, -0.2) is 23.4 Å². The minimum Gasteiger partial charge on any atom is -0.298 e. The van der Waals surface area contributed by atoms with Gasteiger partial charge in [-0.15, -0.1) is 11.6 Å². The first-order chi connectivity index (χ1) is 8.99. The number of nitrogens with zero attached hydrogens (tertiary/aromatic N) is 1. The Balaban J connectivity index is 2.12. The van der Waals surface area contributed by atoms with E-state index < -0.39 is 0 Å². The summed E-state index contributed by atoms with van der Waals surface area (Å²) in [6.07, 6.45) is 5.03. The van der Waals surface area contributed by atoms with Gasteiger partial charge in [-0.1, -0.05) is 30.5 Å². The van der Waals surface area contributed by atoms with Crippen LogP contribution >= 0.6 is 11.6 Å². The molecule has 106 valence electrons. The van der Waals surface area contributed by atoms with Crippen LogP contribution in [0.4, 0.5) is 0 Å². The van der Waals surface area contributed by atoms with Crippen LogP contribution in [-0.2, 0) is 6.54 Å². The fourth-order valence-corrected chi connectivity index (χ4v) is 3.86. The summed E-state index contributed by atoms with van der Waals surface area (Å²) in [6.45, 7) is 7.64. The summed E-state index contributed by atoms with van der Waals surface area (Å²) in [4.78, 5) is 2.46. The highest BCUT2D eigenvalue weighted by atomic mass is 35.5. The third kappa shape index (κ3) is 3.52. The van der Waals surface area contributed by atoms with E-state index >= 15 is 0 Å². The summed E-state index contributed by atoms with van der Waals surface area (Å²) in [5.74, 6) is 0. The number of hydrogen-bond acceptors (Lipinski definition) is 1. The van der Waals surface area contributed by atoms with Crippen LogP contribution in [0.25, 0.3) is 0 Å². The third-order valence-electron chi connectivity index (χ3n) is 4.46. The van der Waals surface area contributed by atoms with Gasteiger partial charge in [-0.3, -0.25) is 4.90 Å². The Hall–Kier alpha value is -0.530. The maximum absolute atomic E-state index is 6.51.